The van der Waals surface area contributed by atoms with Gasteiger partial charge in [-0.05, 0) is 26.2 Å². The van der Waals surface area contributed by atoms with Crippen molar-refractivity contribution in [1.29, 1.82) is 0 Å². The molecule has 0 spiro atoms. The zero-order valence-corrected chi connectivity index (χ0v) is 6.09. The van der Waals surface area contributed by atoms with E-state index in [9.17, 15) is 9.90 Å². The van der Waals surface area contributed by atoms with Gasteiger partial charge < -0.3 is 15.2 Å². The fraction of sp³-hybridized carbons (Fsp3) is 0.857. The van der Waals surface area contributed by atoms with E-state index < -0.39 is 12.0 Å². The van der Waals surface area contributed by atoms with E-state index >= 15 is 0 Å². The summed E-state index contributed by atoms with van der Waals surface area (Å²) in [5.74, 6) is -0.966. The van der Waals surface area contributed by atoms with Crippen molar-refractivity contribution < 1.29 is 9.90 Å². The number of carboxylic acids is 1. The average Bonchev–Trinajstić information content (AvgIpc) is 1.88. The van der Waals surface area contributed by atoms with Gasteiger partial charge in [0.2, 0.25) is 0 Å². The summed E-state index contributed by atoms with van der Waals surface area (Å²) in [6.07, 6.45) is 2.78. The first-order valence-corrected chi connectivity index (χ1v) is 3.67. The Hall–Kier alpha value is -0.570. The highest BCUT2D eigenvalue weighted by molar-refractivity contribution is 5.71. The van der Waals surface area contributed by atoms with Crippen molar-refractivity contribution in [2.24, 2.45) is 0 Å². The monoisotopic (exact) mass is 142 g/mol. The quantitative estimate of drug-likeness (QED) is 0.525. The minimum absolute atomic E-state index is 0.330. The van der Waals surface area contributed by atoms with Gasteiger partial charge in [-0.25, -0.2) is 0 Å². The molecule has 0 aromatic carbocycles. The second-order valence-electron chi connectivity index (χ2n) is 2.87. The predicted octanol–water partition coefficient (Wildman–Crippen LogP) is -0.733. The maximum Gasteiger partial charge on any atom is 0.0584 e. The Morgan fingerprint density at radius 3 is 2.70 bits per heavy atom. The molecule has 1 fully saturated rings. The SMILES string of the molecule is CC1CCCC(C(=O)[O-])N1. The average molecular weight is 142 g/mol. The second kappa shape index (κ2) is 3.01. The molecule has 0 aromatic heterocycles. The van der Waals surface area contributed by atoms with Crippen LogP contribution in [0.2, 0.25) is 0 Å². The number of rotatable bonds is 1. The molecule has 2 unspecified atom stereocenters. The lowest BCUT2D eigenvalue weighted by atomic mass is 10.00. The van der Waals surface area contributed by atoms with Crippen LogP contribution in [0.3, 0.4) is 0 Å². The summed E-state index contributed by atoms with van der Waals surface area (Å²) in [7, 11) is 0. The molecule has 3 nitrogen and oxygen atoms in total. The van der Waals surface area contributed by atoms with Gasteiger partial charge in [0.15, 0.2) is 0 Å². The third-order valence-corrected chi connectivity index (χ3v) is 1.90. The Morgan fingerprint density at radius 2 is 2.30 bits per heavy atom. The van der Waals surface area contributed by atoms with Crippen LogP contribution in [0, 0.1) is 0 Å². The van der Waals surface area contributed by atoms with Gasteiger partial charge in [-0.15, -0.1) is 0 Å². The molecule has 1 saturated heterocycles. The van der Waals surface area contributed by atoms with Crippen LogP contribution in [0.25, 0.3) is 0 Å². The number of carbonyl (C=O) groups excluding carboxylic acids is 1. The largest absolute Gasteiger partial charge is 0.548 e. The van der Waals surface area contributed by atoms with Gasteiger partial charge in [-0.3, -0.25) is 0 Å². The van der Waals surface area contributed by atoms with Gasteiger partial charge in [0.05, 0.1) is 5.97 Å². The normalized spacial score (nSPS) is 33.7. The smallest absolute Gasteiger partial charge is 0.0584 e. The first kappa shape index (κ1) is 7.54. The van der Waals surface area contributed by atoms with Crippen LogP contribution in [0.5, 0.6) is 0 Å². The summed E-state index contributed by atoms with van der Waals surface area (Å²) in [6.45, 7) is 2.00. The molecule has 1 aliphatic heterocycles. The molecule has 0 aliphatic carbocycles. The minimum atomic E-state index is -0.966. The topological polar surface area (TPSA) is 52.2 Å². The van der Waals surface area contributed by atoms with Crippen LogP contribution < -0.4 is 10.4 Å². The zero-order valence-electron chi connectivity index (χ0n) is 6.09. The molecular formula is C7H12NO2-. The van der Waals surface area contributed by atoms with E-state index in [0.717, 1.165) is 12.8 Å². The summed E-state index contributed by atoms with van der Waals surface area (Å²) in [5, 5.41) is 13.3. The van der Waals surface area contributed by atoms with Gasteiger partial charge in [0, 0.05) is 12.1 Å². The molecule has 0 aromatic rings. The van der Waals surface area contributed by atoms with E-state index in [1.165, 1.54) is 0 Å². The van der Waals surface area contributed by atoms with Crippen molar-refractivity contribution in [3.8, 4) is 0 Å². The number of carbonyl (C=O) groups is 1. The molecular weight excluding hydrogens is 130 g/mol. The van der Waals surface area contributed by atoms with E-state index in [1.54, 1.807) is 0 Å². The molecule has 58 valence electrons. The molecule has 1 N–H and O–H groups in total. The molecule has 10 heavy (non-hydrogen) atoms. The van der Waals surface area contributed by atoms with Crippen molar-refractivity contribution in [2.75, 3.05) is 0 Å². The summed E-state index contributed by atoms with van der Waals surface area (Å²) in [5.41, 5.74) is 0. The Labute approximate surface area is 60.4 Å². The fourth-order valence-corrected chi connectivity index (χ4v) is 1.32. The molecule has 1 aliphatic rings. The van der Waals surface area contributed by atoms with Crippen molar-refractivity contribution >= 4 is 5.97 Å². The Kier molecular flexibility index (Phi) is 2.27. The van der Waals surface area contributed by atoms with Gasteiger partial charge in [-0.2, -0.15) is 0 Å². The standard InChI is InChI=1S/C7H13NO2/c1-5-3-2-4-6(8-5)7(9)10/h5-6,8H,2-4H2,1H3,(H,9,10)/p-1. The van der Waals surface area contributed by atoms with E-state index in [4.69, 9.17) is 0 Å². The van der Waals surface area contributed by atoms with Crippen molar-refractivity contribution in [3.63, 3.8) is 0 Å². The van der Waals surface area contributed by atoms with Crippen LogP contribution in [0.15, 0.2) is 0 Å². The Bertz CT molecular complexity index is 136. The van der Waals surface area contributed by atoms with Crippen LogP contribution in [0.1, 0.15) is 26.2 Å². The zero-order chi connectivity index (χ0) is 7.56. The van der Waals surface area contributed by atoms with E-state index in [0.29, 0.717) is 12.5 Å². The molecule has 0 bridgehead atoms. The van der Waals surface area contributed by atoms with E-state index in [1.807, 2.05) is 6.92 Å². The van der Waals surface area contributed by atoms with Crippen LogP contribution in [0.4, 0.5) is 0 Å². The first-order chi connectivity index (χ1) is 4.70. The predicted molar refractivity (Wildman–Crippen MR) is 35.2 cm³/mol. The minimum Gasteiger partial charge on any atom is -0.548 e. The van der Waals surface area contributed by atoms with Crippen molar-refractivity contribution in [2.45, 2.75) is 38.3 Å². The van der Waals surface area contributed by atoms with Crippen molar-refractivity contribution in [3.05, 3.63) is 0 Å². The molecule has 2 atom stereocenters. The molecule has 0 saturated carbocycles. The van der Waals surface area contributed by atoms with Gasteiger partial charge in [0.1, 0.15) is 0 Å². The molecule has 0 radical (unpaired) electrons. The number of hydrogen-bond donors (Lipinski definition) is 1. The number of hydrogen-bond acceptors (Lipinski definition) is 3. The number of aliphatic carboxylic acids is 1. The summed E-state index contributed by atoms with van der Waals surface area (Å²) >= 11 is 0. The number of carboxylic acid groups (broad SMARTS) is 1. The maximum absolute atomic E-state index is 10.3. The summed E-state index contributed by atoms with van der Waals surface area (Å²) < 4.78 is 0. The third-order valence-electron chi connectivity index (χ3n) is 1.90. The van der Waals surface area contributed by atoms with Gasteiger partial charge in [-0.1, -0.05) is 0 Å². The Morgan fingerprint density at radius 1 is 1.60 bits per heavy atom. The van der Waals surface area contributed by atoms with Crippen LogP contribution in [-0.4, -0.2) is 18.1 Å². The number of piperidine rings is 1. The lowest BCUT2D eigenvalue weighted by Crippen LogP contribution is -2.51. The van der Waals surface area contributed by atoms with Crippen LogP contribution in [-0.2, 0) is 4.79 Å². The highest BCUT2D eigenvalue weighted by Gasteiger charge is 2.17. The first-order valence-electron chi connectivity index (χ1n) is 3.67. The molecule has 1 heterocycles. The highest BCUT2D eigenvalue weighted by Crippen LogP contribution is 2.11. The molecule has 3 heteroatoms. The van der Waals surface area contributed by atoms with Crippen LogP contribution >= 0.6 is 0 Å². The second-order valence-corrected chi connectivity index (χ2v) is 2.87. The molecule has 0 amide bonds. The molecule has 1 rings (SSSR count). The van der Waals surface area contributed by atoms with Gasteiger partial charge >= 0.3 is 0 Å². The summed E-state index contributed by atoms with van der Waals surface area (Å²) in [4.78, 5) is 10.3. The maximum atomic E-state index is 10.3. The summed E-state index contributed by atoms with van der Waals surface area (Å²) in [6, 6.07) is -0.0830. The van der Waals surface area contributed by atoms with Crippen molar-refractivity contribution in [1.82, 2.24) is 5.32 Å². The fourth-order valence-electron chi connectivity index (χ4n) is 1.32. The Balaban J connectivity index is 2.39. The highest BCUT2D eigenvalue weighted by atomic mass is 16.4. The third kappa shape index (κ3) is 1.70. The lowest BCUT2D eigenvalue weighted by Gasteiger charge is -2.29. The van der Waals surface area contributed by atoms with Gasteiger partial charge in [0.25, 0.3) is 0 Å². The van der Waals surface area contributed by atoms with E-state index in [2.05, 4.69) is 5.32 Å². The lowest BCUT2D eigenvalue weighted by molar-refractivity contribution is -0.309. The van der Waals surface area contributed by atoms with E-state index in [-0.39, 0.29) is 0 Å². The number of nitrogens with one attached hydrogen (secondary N) is 1.